The number of nitrogens with one attached hydrogen (secondary N) is 1. The van der Waals surface area contributed by atoms with Crippen LogP contribution in [0.1, 0.15) is 19.3 Å². The summed E-state index contributed by atoms with van der Waals surface area (Å²) in [5, 5.41) is 11.0. The van der Waals surface area contributed by atoms with Crippen LogP contribution in [0.2, 0.25) is 0 Å². The van der Waals surface area contributed by atoms with Crippen LogP contribution in [0, 0.1) is 5.92 Å². The largest absolute Gasteiger partial charge is 0.465 e. The summed E-state index contributed by atoms with van der Waals surface area (Å²) in [6.07, 6.45) is 8.91. The van der Waals surface area contributed by atoms with E-state index < -0.39 is 6.09 Å². The van der Waals surface area contributed by atoms with Crippen molar-refractivity contribution in [1.29, 1.82) is 0 Å². The molecule has 0 spiro atoms. The third-order valence-electron chi connectivity index (χ3n) is 4.17. The van der Waals surface area contributed by atoms with Crippen molar-refractivity contribution < 1.29 is 9.90 Å². The molecule has 0 atom stereocenters. The molecule has 1 aliphatic heterocycles. The molecule has 1 amide bonds. The van der Waals surface area contributed by atoms with E-state index >= 15 is 0 Å². The molecule has 3 heterocycles. The van der Waals surface area contributed by atoms with Gasteiger partial charge in [-0.1, -0.05) is 0 Å². The Labute approximate surface area is 134 Å². The summed E-state index contributed by atoms with van der Waals surface area (Å²) < 4.78 is 1.86. The minimum absolute atomic E-state index is 0.526. The Morgan fingerprint density at radius 3 is 2.78 bits per heavy atom. The average Bonchev–Trinajstić information content (AvgIpc) is 3.10. The molecule has 0 saturated carbocycles. The number of aromatic nitrogens is 4. The third-order valence-corrected chi connectivity index (χ3v) is 4.17. The second-order valence-electron chi connectivity index (χ2n) is 5.66. The van der Waals surface area contributed by atoms with Gasteiger partial charge in [-0.05, 0) is 25.2 Å². The van der Waals surface area contributed by atoms with Crippen LogP contribution in [0.3, 0.4) is 0 Å². The van der Waals surface area contributed by atoms with Gasteiger partial charge >= 0.3 is 6.09 Å². The zero-order valence-electron chi connectivity index (χ0n) is 12.8. The smallest absolute Gasteiger partial charge is 0.404 e. The molecule has 23 heavy (non-hydrogen) atoms. The minimum Gasteiger partial charge on any atom is -0.465 e. The lowest BCUT2D eigenvalue weighted by Gasteiger charge is -2.32. The molecular formula is C15H20N6O2. The second kappa shape index (κ2) is 7.08. The molecule has 2 N–H and O–H groups in total. The maximum absolute atomic E-state index is 10.5. The van der Waals surface area contributed by atoms with E-state index in [1.54, 1.807) is 18.9 Å². The lowest BCUT2D eigenvalue weighted by molar-refractivity contribution is 0.193. The lowest BCUT2D eigenvalue weighted by atomic mass is 9.93. The fourth-order valence-electron chi connectivity index (χ4n) is 2.88. The van der Waals surface area contributed by atoms with Gasteiger partial charge in [-0.3, -0.25) is 4.57 Å². The molecule has 1 saturated heterocycles. The van der Waals surface area contributed by atoms with Gasteiger partial charge in [0.05, 0.1) is 0 Å². The fraction of sp³-hybridized carbons (Fsp3) is 0.467. The van der Waals surface area contributed by atoms with Gasteiger partial charge in [0.25, 0.3) is 0 Å². The molecule has 122 valence electrons. The predicted molar refractivity (Wildman–Crippen MR) is 84.7 cm³/mol. The topological polar surface area (TPSA) is 96.2 Å². The van der Waals surface area contributed by atoms with Crippen molar-refractivity contribution in [3.8, 4) is 5.82 Å². The van der Waals surface area contributed by atoms with Crippen molar-refractivity contribution in [3.05, 3.63) is 31.1 Å². The highest BCUT2D eigenvalue weighted by molar-refractivity contribution is 5.64. The van der Waals surface area contributed by atoms with E-state index in [0.717, 1.165) is 44.0 Å². The molecule has 8 nitrogen and oxygen atoms in total. The van der Waals surface area contributed by atoms with Crippen LogP contribution in [0.15, 0.2) is 31.1 Å². The van der Waals surface area contributed by atoms with Crippen molar-refractivity contribution in [2.24, 2.45) is 5.92 Å². The maximum atomic E-state index is 10.5. The van der Waals surface area contributed by atoms with Crippen LogP contribution in [-0.2, 0) is 0 Å². The summed E-state index contributed by atoms with van der Waals surface area (Å²) in [4.78, 5) is 25.4. The number of hydrogen-bond donors (Lipinski definition) is 2. The minimum atomic E-state index is -0.949. The number of imidazole rings is 1. The van der Waals surface area contributed by atoms with Gasteiger partial charge in [-0.15, -0.1) is 0 Å². The normalized spacial score (nSPS) is 15.6. The summed E-state index contributed by atoms with van der Waals surface area (Å²) in [7, 11) is 0. The predicted octanol–water partition coefficient (Wildman–Crippen LogP) is 1.54. The number of rotatable bonds is 5. The highest BCUT2D eigenvalue weighted by Crippen LogP contribution is 2.24. The zero-order chi connectivity index (χ0) is 16.1. The number of amides is 1. The Morgan fingerprint density at radius 2 is 2.09 bits per heavy atom. The van der Waals surface area contributed by atoms with Gasteiger partial charge in [0.2, 0.25) is 0 Å². The highest BCUT2D eigenvalue weighted by atomic mass is 16.4. The first-order valence-electron chi connectivity index (χ1n) is 7.74. The van der Waals surface area contributed by atoms with E-state index in [9.17, 15) is 4.79 Å². The van der Waals surface area contributed by atoms with Crippen LogP contribution in [0.4, 0.5) is 10.6 Å². The van der Waals surface area contributed by atoms with Crippen molar-refractivity contribution >= 4 is 11.9 Å². The quantitative estimate of drug-likeness (QED) is 0.868. The highest BCUT2D eigenvalue weighted by Gasteiger charge is 2.20. The van der Waals surface area contributed by atoms with E-state index in [4.69, 9.17) is 5.11 Å². The SMILES string of the molecule is O=C(O)NCCC1CCN(c2cc(-n3ccnc3)ncn2)CC1. The van der Waals surface area contributed by atoms with Crippen LogP contribution < -0.4 is 10.2 Å². The Hall–Kier alpha value is -2.64. The molecule has 0 radical (unpaired) electrons. The number of carbonyl (C=O) groups is 1. The molecular weight excluding hydrogens is 296 g/mol. The van der Waals surface area contributed by atoms with Crippen molar-refractivity contribution in [2.75, 3.05) is 24.5 Å². The number of nitrogens with zero attached hydrogens (tertiary/aromatic N) is 5. The van der Waals surface area contributed by atoms with Gasteiger partial charge in [-0.2, -0.15) is 0 Å². The Morgan fingerprint density at radius 1 is 1.30 bits per heavy atom. The third kappa shape index (κ3) is 3.97. The number of anilines is 1. The lowest BCUT2D eigenvalue weighted by Crippen LogP contribution is -2.35. The van der Waals surface area contributed by atoms with E-state index in [0.29, 0.717) is 12.5 Å². The number of hydrogen-bond acceptors (Lipinski definition) is 5. The molecule has 1 aliphatic rings. The molecule has 0 bridgehead atoms. The summed E-state index contributed by atoms with van der Waals surface area (Å²) >= 11 is 0. The first-order valence-corrected chi connectivity index (χ1v) is 7.74. The van der Waals surface area contributed by atoms with Gasteiger partial charge in [0.15, 0.2) is 0 Å². The molecule has 1 fully saturated rings. The van der Waals surface area contributed by atoms with E-state index in [1.165, 1.54) is 0 Å². The Bertz CT molecular complexity index is 637. The van der Waals surface area contributed by atoms with Crippen molar-refractivity contribution in [3.63, 3.8) is 0 Å². The fourth-order valence-corrected chi connectivity index (χ4v) is 2.88. The molecule has 3 rings (SSSR count). The Balaban J connectivity index is 1.55. The zero-order valence-corrected chi connectivity index (χ0v) is 12.8. The maximum Gasteiger partial charge on any atom is 0.404 e. The van der Waals surface area contributed by atoms with Crippen LogP contribution in [0.25, 0.3) is 5.82 Å². The molecule has 8 heteroatoms. The van der Waals surface area contributed by atoms with Crippen LogP contribution in [-0.4, -0.2) is 50.4 Å². The monoisotopic (exact) mass is 316 g/mol. The first kappa shape index (κ1) is 15.3. The van der Waals surface area contributed by atoms with Crippen LogP contribution >= 0.6 is 0 Å². The molecule has 0 unspecified atom stereocenters. The van der Waals surface area contributed by atoms with E-state index in [-0.39, 0.29) is 0 Å². The van der Waals surface area contributed by atoms with E-state index in [2.05, 4.69) is 25.2 Å². The number of carboxylic acid groups (broad SMARTS) is 1. The summed E-state index contributed by atoms with van der Waals surface area (Å²) in [6, 6.07) is 1.97. The van der Waals surface area contributed by atoms with Gasteiger partial charge in [0, 0.05) is 38.1 Å². The van der Waals surface area contributed by atoms with Crippen molar-refractivity contribution in [1.82, 2.24) is 24.8 Å². The standard InChI is InChI=1S/C15H20N6O2/c22-15(23)17-4-1-12-2-6-20(7-3-12)13-9-14(19-10-18-13)21-8-5-16-11-21/h5,8-12,17H,1-4,6-7H2,(H,22,23). The summed E-state index contributed by atoms with van der Waals surface area (Å²) in [6.45, 7) is 2.38. The first-order chi connectivity index (χ1) is 11.2. The van der Waals surface area contributed by atoms with E-state index in [1.807, 2.05) is 16.8 Å². The Kier molecular flexibility index (Phi) is 4.70. The van der Waals surface area contributed by atoms with Crippen molar-refractivity contribution in [2.45, 2.75) is 19.3 Å². The number of piperidine rings is 1. The molecule has 0 aromatic carbocycles. The average molecular weight is 316 g/mol. The van der Waals surface area contributed by atoms with Gasteiger partial charge < -0.3 is 15.3 Å². The van der Waals surface area contributed by atoms with Gasteiger partial charge in [-0.25, -0.2) is 19.7 Å². The molecule has 2 aromatic rings. The molecule has 2 aromatic heterocycles. The van der Waals surface area contributed by atoms with Crippen LogP contribution in [0.5, 0.6) is 0 Å². The molecule has 0 aliphatic carbocycles. The summed E-state index contributed by atoms with van der Waals surface area (Å²) in [5.41, 5.74) is 0. The second-order valence-corrected chi connectivity index (χ2v) is 5.66. The van der Waals surface area contributed by atoms with Gasteiger partial charge in [0.1, 0.15) is 24.3 Å². The summed E-state index contributed by atoms with van der Waals surface area (Å²) in [5.74, 6) is 2.29.